The van der Waals surface area contributed by atoms with Crippen molar-refractivity contribution >= 4 is 47.2 Å². The third-order valence-corrected chi connectivity index (χ3v) is 5.28. The maximum absolute atomic E-state index is 11.8. The fourth-order valence-corrected chi connectivity index (χ4v) is 3.89. The molecule has 0 aliphatic carbocycles. The molecule has 1 aromatic heterocycles. The maximum atomic E-state index is 11.8. The highest BCUT2D eigenvalue weighted by Crippen LogP contribution is 2.34. The first-order valence-corrected chi connectivity index (χ1v) is 9.66. The van der Waals surface area contributed by atoms with Crippen LogP contribution in [0.25, 0.3) is 0 Å². The molecule has 8 heteroatoms. The Labute approximate surface area is 170 Å². The van der Waals surface area contributed by atoms with Gasteiger partial charge in [-0.15, -0.1) is 35.3 Å². The second-order valence-corrected chi connectivity index (χ2v) is 7.16. The fraction of sp³-hybridized carbons (Fsp3) is 0.647. The van der Waals surface area contributed by atoms with Crippen molar-refractivity contribution in [1.29, 1.82) is 0 Å². The molecule has 6 nitrogen and oxygen atoms in total. The molecule has 2 aliphatic rings. The summed E-state index contributed by atoms with van der Waals surface area (Å²) in [6.07, 6.45) is 5.01. The van der Waals surface area contributed by atoms with Crippen LogP contribution in [0.2, 0.25) is 0 Å². The van der Waals surface area contributed by atoms with E-state index in [4.69, 9.17) is 4.74 Å². The van der Waals surface area contributed by atoms with E-state index in [1.807, 2.05) is 17.5 Å². The lowest BCUT2D eigenvalue weighted by atomic mass is 9.96. The highest BCUT2D eigenvalue weighted by atomic mass is 127. The number of fused-ring (bicyclic) bond motifs is 2. The Bertz CT molecular complexity index is 567. The zero-order chi connectivity index (χ0) is 16.8. The Kier molecular flexibility index (Phi) is 8.44. The van der Waals surface area contributed by atoms with E-state index in [-0.39, 0.29) is 29.9 Å². The average molecular weight is 478 g/mol. The number of carbonyl (C=O) groups excluding carboxylic acids is 1. The van der Waals surface area contributed by atoms with Crippen LogP contribution in [0, 0.1) is 0 Å². The lowest BCUT2D eigenvalue weighted by Gasteiger charge is -2.22. The minimum Gasteiger partial charge on any atom is -0.373 e. The molecular formula is C17H27IN4O2S. The van der Waals surface area contributed by atoms with Gasteiger partial charge in [0, 0.05) is 19.6 Å². The number of ether oxygens (including phenoxy) is 1. The molecule has 0 aromatic carbocycles. The van der Waals surface area contributed by atoms with Crippen LogP contribution in [0.4, 0.5) is 0 Å². The van der Waals surface area contributed by atoms with Crippen LogP contribution in [-0.2, 0) is 4.74 Å². The number of hydrogen-bond acceptors (Lipinski definition) is 4. The molecule has 0 spiro atoms. The Hall–Kier alpha value is -0.870. The van der Waals surface area contributed by atoms with E-state index < -0.39 is 0 Å². The van der Waals surface area contributed by atoms with Crippen LogP contribution in [-0.4, -0.2) is 49.8 Å². The molecule has 0 radical (unpaired) electrons. The summed E-state index contributed by atoms with van der Waals surface area (Å²) >= 11 is 1.46. The van der Waals surface area contributed by atoms with E-state index in [0.717, 1.165) is 36.6 Å². The molecule has 0 saturated carbocycles. The summed E-state index contributed by atoms with van der Waals surface area (Å²) < 4.78 is 5.88. The van der Waals surface area contributed by atoms with Crippen molar-refractivity contribution in [2.75, 3.05) is 19.6 Å². The van der Waals surface area contributed by atoms with Gasteiger partial charge in [0.25, 0.3) is 5.91 Å². The predicted molar refractivity (Wildman–Crippen MR) is 112 cm³/mol. The molecule has 3 atom stereocenters. The summed E-state index contributed by atoms with van der Waals surface area (Å²) in [4.78, 5) is 17.2. The van der Waals surface area contributed by atoms with Crippen molar-refractivity contribution < 1.29 is 9.53 Å². The van der Waals surface area contributed by atoms with E-state index >= 15 is 0 Å². The molecule has 2 fully saturated rings. The topological polar surface area (TPSA) is 74.8 Å². The van der Waals surface area contributed by atoms with Crippen molar-refractivity contribution in [2.45, 2.75) is 50.9 Å². The summed E-state index contributed by atoms with van der Waals surface area (Å²) in [5.41, 5.74) is 0. The van der Waals surface area contributed by atoms with Crippen molar-refractivity contribution in [2.24, 2.45) is 4.99 Å². The quantitative estimate of drug-likeness (QED) is 0.244. The minimum atomic E-state index is -0.00172. The Morgan fingerprint density at radius 2 is 2.28 bits per heavy atom. The van der Waals surface area contributed by atoms with Gasteiger partial charge in [-0.2, -0.15) is 0 Å². The molecule has 3 heterocycles. The second kappa shape index (κ2) is 10.3. The van der Waals surface area contributed by atoms with Gasteiger partial charge in [0.2, 0.25) is 0 Å². The monoisotopic (exact) mass is 478 g/mol. The molecule has 2 aliphatic heterocycles. The van der Waals surface area contributed by atoms with Crippen LogP contribution >= 0.6 is 35.3 Å². The van der Waals surface area contributed by atoms with Crippen LogP contribution < -0.4 is 16.0 Å². The second-order valence-electron chi connectivity index (χ2n) is 6.21. The number of hydrogen-bond donors (Lipinski definition) is 3. The van der Waals surface area contributed by atoms with Crippen molar-refractivity contribution in [1.82, 2.24) is 16.0 Å². The largest absolute Gasteiger partial charge is 0.373 e. The van der Waals surface area contributed by atoms with E-state index in [2.05, 4.69) is 27.9 Å². The van der Waals surface area contributed by atoms with Gasteiger partial charge >= 0.3 is 0 Å². The van der Waals surface area contributed by atoms with Crippen LogP contribution in [0.3, 0.4) is 0 Å². The minimum absolute atomic E-state index is 0. The van der Waals surface area contributed by atoms with Crippen molar-refractivity contribution in [3.8, 4) is 0 Å². The number of amides is 1. The number of nitrogens with zero attached hydrogens (tertiary/aromatic N) is 1. The Balaban J connectivity index is 0.00000225. The third-order valence-electron chi connectivity index (χ3n) is 4.41. The first-order valence-electron chi connectivity index (χ1n) is 8.78. The van der Waals surface area contributed by atoms with Gasteiger partial charge in [-0.1, -0.05) is 6.07 Å². The predicted octanol–water partition coefficient (Wildman–Crippen LogP) is 2.36. The van der Waals surface area contributed by atoms with Crippen LogP contribution in [0.5, 0.6) is 0 Å². The van der Waals surface area contributed by atoms with E-state index in [1.54, 1.807) is 0 Å². The molecule has 2 bridgehead atoms. The number of guanidine groups is 1. The highest BCUT2D eigenvalue weighted by Gasteiger charge is 2.41. The molecule has 3 unspecified atom stereocenters. The number of nitrogens with one attached hydrogen (secondary N) is 3. The van der Waals surface area contributed by atoms with E-state index in [0.29, 0.717) is 31.3 Å². The van der Waals surface area contributed by atoms with Gasteiger partial charge in [0.15, 0.2) is 5.96 Å². The number of carbonyl (C=O) groups is 1. The fourth-order valence-electron chi connectivity index (χ4n) is 3.25. The van der Waals surface area contributed by atoms with Gasteiger partial charge in [-0.25, -0.2) is 0 Å². The SMILES string of the molecule is CCNC(=NCCCNC(=O)c1cccs1)NC1CC2CCC1O2.I. The molecule has 2 saturated heterocycles. The summed E-state index contributed by atoms with van der Waals surface area (Å²) in [6, 6.07) is 4.10. The summed E-state index contributed by atoms with van der Waals surface area (Å²) in [7, 11) is 0. The average Bonchev–Trinajstić information content (AvgIpc) is 3.32. The summed E-state index contributed by atoms with van der Waals surface area (Å²) in [5, 5.41) is 11.6. The third kappa shape index (κ3) is 5.82. The van der Waals surface area contributed by atoms with Gasteiger partial charge < -0.3 is 20.7 Å². The maximum Gasteiger partial charge on any atom is 0.261 e. The molecule has 3 N–H and O–H groups in total. The molecule has 1 aromatic rings. The van der Waals surface area contributed by atoms with Crippen LogP contribution in [0.15, 0.2) is 22.5 Å². The first-order chi connectivity index (χ1) is 11.8. The zero-order valence-corrected chi connectivity index (χ0v) is 17.6. The van der Waals surface area contributed by atoms with Gasteiger partial charge in [-0.05, 0) is 44.1 Å². The molecular weight excluding hydrogens is 451 g/mol. The summed E-state index contributed by atoms with van der Waals surface area (Å²) in [6.45, 7) is 4.22. The first kappa shape index (κ1) is 20.4. The number of thiophene rings is 1. The normalized spacial score (nSPS) is 24.7. The number of halogens is 1. The summed E-state index contributed by atoms with van der Waals surface area (Å²) in [5.74, 6) is 0.848. The van der Waals surface area contributed by atoms with Crippen molar-refractivity contribution in [3.05, 3.63) is 22.4 Å². The lowest BCUT2D eigenvalue weighted by Crippen LogP contribution is -2.47. The zero-order valence-electron chi connectivity index (χ0n) is 14.5. The molecule has 25 heavy (non-hydrogen) atoms. The van der Waals surface area contributed by atoms with Gasteiger partial charge in [0.05, 0.1) is 23.1 Å². The Morgan fingerprint density at radius 1 is 1.40 bits per heavy atom. The van der Waals surface area contributed by atoms with Gasteiger partial charge in [0.1, 0.15) is 0 Å². The molecule has 1 amide bonds. The van der Waals surface area contributed by atoms with Crippen LogP contribution in [0.1, 0.15) is 42.3 Å². The number of aliphatic imine (C=N–C) groups is 1. The Morgan fingerprint density at radius 3 is 2.92 bits per heavy atom. The molecule has 3 rings (SSSR count). The smallest absolute Gasteiger partial charge is 0.261 e. The van der Waals surface area contributed by atoms with Crippen molar-refractivity contribution in [3.63, 3.8) is 0 Å². The molecule has 140 valence electrons. The highest BCUT2D eigenvalue weighted by molar-refractivity contribution is 14.0. The number of rotatable bonds is 7. The van der Waals surface area contributed by atoms with E-state index in [9.17, 15) is 4.79 Å². The van der Waals surface area contributed by atoms with E-state index in [1.165, 1.54) is 17.8 Å². The van der Waals surface area contributed by atoms with Gasteiger partial charge in [-0.3, -0.25) is 9.79 Å². The lowest BCUT2D eigenvalue weighted by molar-refractivity contribution is 0.0957. The standard InChI is InChI=1S/C17H26N4O2S.HI/c1-2-18-17(21-13-11-12-6-7-14(13)23-12)20-9-4-8-19-16(22)15-5-3-10-24-15;/h3,5,10,12-14H,2,4,6-9,11H2,1H3,(H,19,22)(H2,18,20,21);1H.